The van der Waals surface area contributed by atoms with E-state index < -0.39 is 11.9 Å². The molecule has 4 aromatic carbocycles. The topological polar surface area (TPSA) is 99.2 Å². The maximum absolute atomic E-state index is 11.9. The van der Waals surface area contributed by atoms with Crippen LogP contribution in [0.5, 0.6) is 0 Å². The molecule has 0 aliphatic carbocycles. The third-order valence-electron chi connectivity index (χ3n) is 7.11. The third kappa shape index (κ3) is 5.45. The van der Waals surface area contributed by atoms with Gasteiger partial charge in [0.25, 0.3) is 0 Å². The van der Waals surface area contributed by atoms with Gasteiger partial charge < -0.3 is 9.84 Å². The Morgan fingerprint density at radius 1 is 0.634 bits per heavy atom. The van der Waals surface area contributed by atoms with E-state index in [9.17, 15) is 14.7 Å². The molecular formula is C33H30N4O4. The van der Waals surface area contributed by atoms with Gasteiger partial charge in [0.2, 0.25) is 0 Å². The van der Waals surface area contributed by atoms with E-state index in [2.05, 4.69) is 29.3 Å². The number of esters is 1. The Morgan fingerprint density at radius 2 is 1.02 bits per heavy atom. The average Bonchev–Trinajstić information content (AvgIpc) is 3.61. The van der Waals surface area contributed by atoms with Gasteiger partial charge in [-0.1, -0.05) is 97.1 Å². The standard InChI is InChI=1S/C17H16N2O2.C16H14N2O2/c1-12(13-8-4-3-5-9-13)19-15-11-7-6-10-14(15)16(18-19)17(20)21-2;1-11(12-7-3-2-4-8-12)18-14-10-6-5-9-13(14)15(17-18)16(19)20/h3-12H,1-2H3;2-11H,1H3,(H,19,20). The van der Waals surface area contributed by atoms with Gasteiger partial charge in [0.15, 0.2) is 11.4 Å². The number of fused-ring (bicyclic) bond motifs is 2. The van der Waals surface area contributed by atoms with Crippen LogP contribution in [0.4, 0.5) is 0 Å². The number of aromatic carboxylic acids is 1. The first-order valence-corrected chi connectivity index (χ1v) is 13.3. The summed E-state index contributed by atoms with van der Waals surface area (Å²) < 4.78 is 8.47. The number of benzene rings is 4. The van der Waals surface area contributed by atoms with Crippen LogP contribution in [0, 0.1) is 0 Å². The molecular weight excluding hydrogens is 516 g/mol. The van der Waals surface area contributed by atoms with Crippen LogP contribution in [-0.2, 0) is 4.74 Å². The zero-order valence-corrected chi connectivity index (χ0v) is 23.0. The molecule has 2 atom stereocenters. The van der Waals surface area contributed by atoms with E-state index in [0.29, 0.717) is 11.1 Å². The fraction of sp³-hybridized carbons (Fsp3) is 0.152. The molecule has 6 rings (SSSR count). The minimum absolute atomic E-state index is 0.0193. The van der Waals surface area contributed by atoms with Gasteiger partial charge in [0.05, 0.1) is 30.2 Å². The van der Waals surface area contributed by atoms with Crippen molar-refractivity contribution >= 4 is 33.7 Å². The number of rotatable bonds is 6. The number of carboxylic acids is 1. The fourth-order valence-electron chi connectivity index (χ4n) is 4.92. The molecule has 0 saturated carbocycles. The van der Waals surface area contributed by atoms with E-state index in [1.807, 2.05) is 103 Å². The summed E-state index contributed by atoms with van der Waals surface area (Å²) in [6, 6.07) is 35.1. The van der Waals surface area contributed by atoms with Crippen LogP contribution >= 0.6 is 0 Å². The van der Waals surface area contributed by atoms with Crippen molar-refractivity contribution in [1.29, 1.82) is 0 Å². The summed E-state index contributed by atoms with van der Waals surface area (Å²) in [7, 11) is 1.37. The largest absolute Gasteiger partial charge is 0.476 e. The zero-order chi connectivity index (χ0) is 28.9. The monoisotopic (exact) mass is 546 g/mol. The van der Waals surface area contributed by atoms with Gasteiger partial charge in [0, 0.05) is 10.8 Å². The first kappa shape index (κ1) is 27.3. The molecule has 2 unspecified atom stereocenters. The quantitative estimate of drug-likeness (QED) is 0.231. The molecule has 2 aromatic heterocycles. The molecule has 206 valence electrons. The van der Waals surface area contributed by atoms with E-state index in [1.165, 1.54) is 7.11 Å². The number of carbonyl (C=O) groups excluding carboxylic acids is 1. The zero-order valence-electron chi connectivity index (χ0n) is 23.0. The van der Waals surface area contributed by atoms with Crippen LogP contribution in [0.1, 0.15) is 58.0 Å². The predicted octanol–water partition coefficient (Wildman–Crippen LogP) is 6.78. The predicted molar refractivity (Wildman–Crippen MR) is 158 cm³/mol. The Morgan fingerprint density at radius 3 is 1.46 bits per heavy atom. The molecule has 0 aliphatic rings. The SMILES string of the molecule is CC(c1ccccc1)n1nc(C(=O)O)c2ccccc21.COC(=O)c1nn(C(C)c2ccccc2)c2ccccc12. The lowest BCUT2D eigenvalue weighted by atomic mass is 10.1. The molecule has 0 aliphatic heterocycles. The normalized spacial score (nSPS) is 12.4. The highest BCUT2D eigenvalue weighted by atomic mass is 16.5. The van der Waals surface area contributed by atoms with Crippen molar-refractivity contribution in [3.8, 4) is 0 Å². The highest BCUT2D eigenvalue weighted by Crippen LogP contribution is 2.27. The number of methoxy groups -OCH3 is 1. The van der Waals surface area contributed by atoms with Crippen LogP contribution in [0.3, 0.4) is 0 Å². The van der Waals surface area contributed by atoms with Gasteiger partial charge in [-0.15, -0.1) is 0 Å². The summed E-state index contributed by atoms with van der Waals surface area (Å²) in [5.41, 5.74) is 4.45. The molecule has 8 nitrogen and oxygen atoms in total. The van der Waals surface area contributed by atoms with Crippen molar-refractivity contribution < 1.29 is 19.4 Å². The molecule has 0 fully saturated rings. The third-order valence-corrected chi connectivity index (χ3v) is 7.11. The number of hydrogen-bond donors (Lipinski definition) is 1. The lowest BCUT2D eigenvalue weighted by Crippen LogP contribution is -2.10. The smallest absolute Gasteiger partial charge is 0.359 e. The van der Waals surface area contributed by atoms with E-state index >= 15 is 0 Å². The van der Waals surface area contributed by atoms with Crippen LogP contribution in [-0.4, -0.2) is 43.7 Å². The van der Waals surface area contributed by atoms with Crippen molar-refractivity contribution in [3.63, 3.8) is 0 Å². The molecule has 0 spiro atoms. The Labute approximate surface area is 237 Å². The lowest BCUT2D eigenvalue weighted by molar-refractivity contribution is 0.0594. The minimum atomic E-state index is -1.000. The van der Waals surface area contributed by atoms with Gasteiger partial charge in [0.1, 0.15) is 0 Å². The summed E-state index contributed by atoms with van der Waals surface area (Å²) in [5, 5.41) is 19.5. The molecule has 6 aromatic rings. The number of hydrogen-bond acceptors (Lipinski definition) is 5. The van der Waals surface area contributed by atoms with Crippen LogP contribution < -0.4 is 0 Å². The summed E-state index contributed by atoms with van der Waals surface area (Å²) in [5.74, 6) is -1.41. The second kappa shape index (κ2) is 11.9. The van der Waals surface area contributed by atoms with Gasteiger partial charge in [-0.2, -0.15) is 10.2 Å². The van der Waals surface area contributed by atoms with Crippen molar-refractivity contribution in [2.75, 3.05) is 7.11 Å². The van der Waals surface area contributed by atoms with E-state index in [4.69, 9.17) is 4.74 Å². The number of para-hydroxylation sites is 2. The van der Waals surface area contributed by atoms with Crippen molar-refractivity contribution in [3.05, 3.63) is 132 Å². The summed E-state index contributed by atoms with van der Waals surface area (Å²) in [6.45, 7) is 4.08. The number of ether oxygens (including phenoxy) is 1. The first-order chi connectivity index (χ1) is 19.9. The molecule has 41 heavy (non-hydrogen) atoms. The Kier molecular flexibility index (Phi) is 7.92. The molecule has 0 saturated heterocycles. The fourth-order valence-corrected chi connectivity index (χ4v) is 4.92. The number of nitrogens with zero attached hydrogens (tertiary/aromatic N) is 4. The summed E-state index contributed by atoms with van der Waals surface area (Å²) >= 11 is 0. The number of carbonyl (C=O) groups is 2. The minimum Gasteiger partial charge on any atom is -0.476 e. The Balaban J connectivity index is 0.000000165. The van der Waals surface area contributed by atoms with Crippen LogP contribution in [0.15, 0.2) is 109 Å². The summed E-state index contributed by atoms with van der Waals surface area (Å²) in [4.78, 5) is 23.2. The van der Waals surface area contributed by atoms with Gasteiger partial charge in [-0.3, -0.25) is 9.36 Å². The van der Waals surface area contributed by atoms with Gasteiger partial charge in [-0.25, -0.2) is 9.59 Å². The molecule has 1 N–H and O–H groups in total. The maximum Gasteiger partial charge on any atom is 0.359 e. The molecule has 0 amide bonds. The van der Waals surface area contributed by atoms with Gasteiger partial charge in [-0.05, 0) is 37.1 Å². The molecule has 8 heteroatoms. The molecule has 2 heterocycles. The van der Waals surface area contributed by atoms with Crippen LogP contribution in [0.2, 0.25) is 0 Å². The van der Waals surface area contributed by atoms with Crippen molar-refractivity contribution in [2.45, 2.75) is 25.9 Å². The Bertz CT molecular complexity index is 1810. The highest BCUT2D eigenvalue weighted by Gasteiger charge is 2.21. The highest BCUT2D eigenvalue weighted by molar-refractivity contribution is 6.02. The summed E-state index contributed by atoms with van der Waals surface area (Å²) in [6.07, 6.45) is 0. The number of aromatic nitrogens is 4. The average molecular weight is 547 g/mol. The second-order valence-electron chi connectivity index (χ2n) is 9.59. The molecule has 0 bridgehead atoms. The van der Waals surface area contributed by atoms with Crippen molar-refractivity contribution in [1.82, 2.24) is 19.6 Å². The molecule has 0 radical (unpaired) electrons. The van der Waals surface area contributed by atoms with E-state index in [-0.39, 0.29) is 17.8 Å². The first-order valence-electron chi connectivity index (χ1n) is 13.3. The van der Waals surface area contributed by atoms with E-state index in [0.717, 1.165) is 27.5 Å². The van der Waals surface area contributed by atoms with Crippen molar-refractivity contribution in [2.24, 2.45) is 0 Å². The van der Waals surface area contributed by atoms with E-state index in [1.54, 1.807) is 10.7 Å². The van der Waals surface area contributed by atoms with Gasteiger partial charge >= 0.3 is 11.9 Å². The Hall–Kier alpha value is -5.24. The number of carboxylic acid groups (broad SMARTS) is 1. The maximum atomic E-state index is 11.9. The van der Waals surface area contributed by atoms with Crippen LogP contribution in [0.25, 0.3) is 21.8 Å². The second-order valence-corrected chi connectivity index (χ2v) is 9.59. The lowest BCUT2D eigenvalue weighted by Gasteiger charge is -2.13.